The third-order valence-corrected chi connectivity index (χ3v) is 5.27. The molecule has 0 aliphatic carbocycles. The molecule has 2 aromatic rings. The van der Waals surface area contributed by atoms with Crippen LogP contribution < -0.4 is 64.0 Å². The van der Waals surface area contributed by atoms with E-state index in [0.29, 0.717) is 18.7 Å². The Balaban J connectivity index is 0.00000450. The molecule has 0 amide bonds. The van der Waals surface area contributed by atoms with E-state index in [2.05, 4.69) is 15.2 Å². The first kappa shape index (κ1) is 29.9. The van der Waals surface area contributed by atoms with Crippen LogP contribution in [0, 0.1) is 10.1 Å². The Bertz CT molecular complexity index is 1000. The minimum atomic E-state index is -4.32. The molecule has 0 radical (unpaired) electrons. The Kier molecular flexibility index (Phi) is 12.9. The molecule has 156 valence electrons. The minimum Gasteiger partial charge on any atom is -0.506 e. The number of aromatic nitrogens is 1. The first-order valence-electron chi connectivity index (χ1n) is 8.75. The zero-order valence-corrected chi connectivity index (χ0v) is 22.7. The standard InChI is InChI=1S/C17H21N5O6S.2Na/c1-3-9-21(17(4-2)29(26,27)28)12-5-7-14(15(23)10-12)19-20-16-8-6-13(11-18-16)22(24)25;;/h5-8,10-11,17,23H,3-4,9H2,1-2H3,(H,26,27,28);;/q;2*+1. The second-order valence-electron chi connectivity index (χ2n) is 6.08. The van der Waals surface area contributed by atoms with Gasteiger partial charge in [-0.05, 0) is 31.0 Å². The predicted molar refractivity (Wildman–Crippen MR) is 106 cm³/mol. The number of hydrogen-bond acceptors (Lipinski definition) is 9. The largest absolute Gasteiger partial charge is 1.00 e. The number of hydrogen-bond donors (Lipinski definition) is 2. The summed E-state index contributed by atoms with van der Waals surface area (Å²) in [5, 5.41) is 27.4. The summed E-state index contributed by atoms with van der Waals surface area (Å²) >= 11 is 0. The van der Waals surface area contributed by atoms with Crippen molar-refractivity contribution in [3.63, 3.8) is 0 Å². The first-order valence-corrected chi connectivity index (χ1v) is 10.3. The Hall–Kier alpha value is -1.12. The van der Waals surface area contributed by atoms with Crippen LogP contribution in [-0.2, 0) is 10.1 Å². The minimum absolute atomic E-state index is 0. The molecule has 0 fully saturated rings. The van der Waals surface area contributed by atoms with Crippen LogP contribution in [0.25, 0.3) is 0 Å². The maximum Gasteiger partial charge on any atom is 1.00 e. The molecule has 1 heterocycles. The number of anilines is 1. The van der Waals surface area contributed by atoms with Crippen molar-refractivity contribution in [2.45, 2.75) is 32.1 Å². The van der Waals surface area contributed by atoms with Crippen LogP contribution in [0.2, 0.25) is 0 Å². The van der Waals surface area contributed by atoms with E-state index < -0.39 is 20.4 Å². The number of benzene rings is 1. The van der Waals surface area contributed by atoms with Gasteiger partial charge in [-0.3, -0.25) is 14.7 Å². The first-order chi connectivity index (χ1) is 13.7. The van der Waals surface area contributed by atoms with E-state index in [1.807, 2.05) is 6.92 Å². The van der Waals surface area contributed by atoms with Crippen LogP contribution in [0.1, 0.15) is 26.7 Å². The fourth-order valence-electron chi connectivity index (χ4n) is 2.70. The van der Waals surface area contributed by atoms with Gasteiger partial charge in [-0.15, -0.1) is 10.2 Å². The SMILES string of the molecule is CCCN(c1ccc(N=Nc2ccc([N+](=O)[O-])cn2)c(O)c1)C(CC)S(=O)(=O)O.[Na+].[Na+]. The predicted octanol–water partition coefficient (Wildman–Crippen LogP) is -2.04. The summed E-state index contributed by atoms with van der Waals surface area (Å²) in [6, 6.07) is 6.88. The molecule has 0 saturated carbocycles. The Morgan fingerprint density at radius 1 is 1.19 bits per heavy atom. The number of nitro groups is 1. The van der Waals surface area contributed by atoms with Gasteiger partial charge in [0.05, 0.1) is 4.92 Å². The van der Waals surface area contributed by atoms with Gasteiger partial charge >= 0.3 is 59.1 Å². The van der Waals surface area contributed by atoms with Crippen LogP contribution in [0.3, 0.4) is 0 Å². The number of pyridine rings is 1. The van der Waals surface area contributed by atoms with Crippen LogP contribution >= 0.6 is 0 Å². The molecule has 11 nitrogen and oxygen atoms in total. The third kappa shape index (κ3) is 8.39. The quantitative estimate of drug-likeness (QED) is 0.140. The van der Waals surface area contributed by atoms with Gasteiger partial charge in [0.2, 0.25) is 0 Å². The monoisotopic (exact) mass is 469 g/mol. The maximum atomic E-state index is 11.7. The molecule has 1 unspecified atom stereocenters. The molecule has 2 N–H and O–H groups in total. The molecule has 14 heteroatoms. The topological polar surface area (TPSA) is 159 Å². The molecule has 1 aromatic carbocycles. The third-order valence-electron chi connectivity index (χ3n) is 4.00. The van der Waals surface area contributed by atoms with E-state index in [9.17, 15) is 28.2 Å². The molecule has 2 rings (SSSR count). The number of rotatable bonds is 9. The molecule has 0 bridgehead atoms. The van der Waals surface area contributed by atoms with Gasteiger partial charge in [-0.2, -0.15) is 8.42 Å². The summed E-state index contributed by atoms with van der Waals surface area (Å²) in [4.78, 5) is 15.3. The van der Waals surface area contributed by atoms with Gasteiger partial charge in [-0.25, -0.2) is 4.98 Å². The van der Waals surface area contributed by atoms with E-state index in [-0.39, 0.29) is 88.5 Å². The summed E-state index contributed by atoms with van der Waals surface area (Å²) in [5.74, 6) is -0.136. The summed E-state index contributed by atoms with van der Waals surface area (Å²) in [6.45, 7) is 3.86. The fraction of sp³-hybridized carbons (Fsp3) is 0.353. The normalized spacial score (nSPS) is 12.0. The van der Waals surface area contributed by atoms with Gasteiger partial charge in [0.25, 0.3) is 15.8 Å². The van der Waals surface area contributed by atoms with E-state index in [1.54, 1.807) is 13.0 Å². The second-order valence-corrected chi connectivity index (χ2v) is 7.65. The van der Waals surface area contributed by atoms with Crippen molar-refractivity contribution in [2.24, 2.45) is 10.2 Å². The number of phenolic OH excluding ortho intramolecular Hbond substituents is 1. The number of phenols is 1. The average molecular weight is 469 g/mol. The van der Waals surface area contributed by atoms with Gasteiger partial charge in [-0.1, -0.05) is 13.8 Å². The number of nitrogens with zero attached hydrogens (tertiary/aromatic N) is 5. The molecule has 0 aliphatic heterocycles. The molecule has 1 atom stereocenters. The van der Waals surface area contributed by atoms with Gasteiger partial charge in [0, 0.05) is 24.4 Å². The van der Waals surface area contributed by atoms with Crippen LogP contribution in [0.15, 0.2) is 46.8 Å². The van der Waals surface area contributed by atoms with E-state index in [1.165, 1.54) is 29.2 Å². The van der Waals surface area contributed by atoms with Crippen LogP contribution in [-0.4, -0.2) is 39.9 Å². The van der Waals surface area contributed by atoms with Crippen LogP contribution in [0.5, 0.6) is 5.75 Å². The Labute approximate surface area is 224 Å². The summed E-state index contributed by atoms with van der Waals surface area (Å²) in [7, 11) is -4.32. The van der Waals surface area contributed by atoms with E-state index in [0.717, 1.165) is 6.20 Å². The number of azo groups is 1. The van der Waals surface area contributed by atoms with Gasteiger partial charge in [0.1, 0.15) is 17.6 Å². The average Bonchev–Trinajstić information content (AvgIpc) is 2.66. The fourth-order valence-corrected chi connectivity index (χ4v) is 3.67. The van der Waals surface area contributed by atoms with Gasteiger partial charge in [0.15, 0.2) is 11.2 Å². The smallest absolute Gasteiger partial charge is 0.506 e. The van der Waals surface area contributed by atoms with Crippen molar-refractivity contribution >= 4 is 33.0 Å². The van der Waals surface area contributed by atoms with Crippen molar-refractivity contribution in [2.75, 3.05) is 11.4 Å². The number of aromatic hydroxyl groups is 1. The second kappa shape index (κ2) is 13.4. The zero-order valence-electron chi connectivity index (χ0n) is 17.8. The van der Waals surface area contributed by atoms with Crippen molar-refractivity contribution in [3.05, 3.63) is 46.6 Å². The van der Waals surface area contributed by atoms with Crippen LogP contribution in [0.4, 0.5) is 22.9 Å². The van der Waals surface area contributed by atoms with E-state index >= 15 is 0 Å². The molecule has 31 heavy (non-hydrogen) atoms. The molecule has 0 saturated heterocycles. The Morgan fingerprint density at radius 2 is 1.87 bits per heavy atom. The van der Waals surface area contributed by atoms with Crippen molar-refractivity contribution in [1.29, 1.82) is 0 Å². The summed E-state index contributed by atoms with van der Waals surface area (Å²) in [6.07, 6.45) is 1.83. The molecule has 0 aliphatic rings. The van der Waals surface area contributed by atoms with E-state index in [4.69, 9.17) is 0 Å². The zero-order chi connectivity index (χ0) is 21.6. The summed E-state index contributed by atoms with van der Waals surface area (Å²) in [5.41, 5.74) is 0.322. The van der Waals surface area contributed by atoms with Crippen molar-refractivity contribution in [1.82, 2.24) is 4.98 Å². The van der Waals surface area contributed by atoms with Gasteiger partial charge < -0.3 is 10.0 Å². The molecular weight excluding hydrogens is 448 g/mol. The maximum absolute atomic E-state index is 11.7. The Morgan fingerprint density at radius 3 is 2.32 bits per heavy atom. The molecular formula is C17H21N5Na2O6S+2. The molecule has 1 aromatic heterocycles. The van der Waals surface area contributed by atoms with Crippen molar-refractivity contribution < 1.29 is 82.1 Å². The molecule has 0 spiro atoms. The summed E-state index contributed by atoms with van der Waals surface area (Å²) < 4.78 is 32.9. The van der Waals surface area contributed by atoms with Crippen molar-refractivity contribution in [3.8, 4) is 5.75 Å².